The Morgan fingerprint density at radius 2 is 2.24 bits per heavy atom. The van der Waals surface area contributed by atoms with Crippen molar-refractivity contribution in [1.29, 1.82) is 0 Å². The van der Waals surface area contributed by atoms with Gasteiger partial charge in [-0.25, -0.2) is 0 Å². The summed E-state index contributed by atoms with van der Waals surface area (Å²) in [5.74, 6) is 1.65. The van der Waals surface area contributed by atoms with Crippen molar-refractivity contribution in [1.82, 2.24) is 15.1 Å². The molecule has 1 aliphatic rings. The monoisotopic (exact) mass is 285 g/mol. The molecule has 4 heteroatoms. The van der Waals surface area contributed by atoms with Crippen LogP contribution in [0, 0.1) is 0 Å². The Labute approximate surface area is 126 Å². The van der Waals surface area contributed by atoms with Gasteiger partial charge < -0.3 is 10.1 Å². The van der Waals surface area contributed by atoms with Crippen LogP contribution in [0.1, 0.15) is 30.7 Å². The van der Waals surface area contributed by atoms with Crippen molar-refractivity contribution in [2.45, 2.75) is 37.8 Å². The maximum atomic E-state index is 5.29. The van der Waals surface area contributed by atoms with Crippen LogP contribution in [0.15, 0.2) is 42.7 Å². The predicted molar refractivity (Wildman–Crippen MR) is 83.6 cm³/mol. The van der Waals surface area contributed by atoms with Crippen molar-refractivity contribution in [3.05, 3.63) is 48.3 Å². The van der Waals surface area contributed by atoms with Crippen LogP contribution in [0.4, 0.5) is 0 Å². The standard InChI is InChI=1S/C17H23N3O/c1-21-17-6-2-5-14(13-17)15-11-16(12-15)18-7-3-9-20-10-4-8-19-20/h2,4-6,8,10,13,15-16,18H,3,7,9,11-12H2,1H3. The highest BCUT2D eigenvalue weighted by Crippen LogP contribution is 2.37. The maximum Gasteiger partial charge on any atom is 0.119 e. The lowest BCUT2D eigenvalue weighted by atomic mass is 9.76. The largest absolute Gasteiger partial charge is 0.497 e. The van der Waals surface area contributed by atoms with E-state index in [2.05, 4.69) is 28.6 Å². The van der Waals surface area contributed by atoms with E-state index in [1.807, 2.05) is 29.2 Å². The molecule has 112 valence electrons. The number of nitrogens with one attached hydrogen (secondary N) is 1. The summed E-state index contributed by atoms with van der Waals surface area (Å²) in [5, 5.41) is 7.85. The molecule has 0 atom stereocenters. The second-order valence-electron chi connectivity index (χ2n) is 5.72. The van der Waals surface area contributed by atoms with Gasteiger partial charge in [0.2, 0.25) is 0 Å². The summed E-state index contributed by atoms with van der Waals surface area (Å²) in [6.45, 7) is 2.06. The third-order valence-electron chi connectivity index (χ3n) is 4.26. The van der Waals surface area contributed by atoms with Crippen LogP contribution >= 0.6 is 0 Å². The molecular formula is C17H23N3O. The molecule has 0 spiro atoms. The van der Waals surface area contributed by atoms with Crippen molar-refractivity contribution in [3.63, 3.8) is 0 Å². The fourth-order valence-corrected chi connectivity index (χ4v) is 2.93. The normalized spacial score (nSPS) is 21.0. The minimum atomic E-state index is 0.666. The number of nitrogens with zero attached hydrogens (tertiary/aromatic N) is 2. The number of hydrogen-bond acceptors (Lipinski definition) is 3. The first-order valence-corrected chi connectivity index (χ1v) is 7.70. The first-order chi connectivity index (χ1) is 10.3. The lowest BCUT2D eigenvalue weighted by Crippen LogP contribution is -2.40. The molecule has 21 heavy (non-hydrogen) atoms. The molecule has 1 fully saturated rings. The summed E-state index contributed by atoms with van der Waals surface area (Å²) in [7, 11) is 1.73. The Hall–Kier alpha value is -1.81. The summed E-state index contributed by atoms with van der Waals surface area (Å²) < 4.78 is 7.28. The Morgan fingerprint density at radius 1 is 1.33 bits per heavy atom. The zero-order valence-corrected chi connectivity index (χ0v) is 12.5. The zero-order chi connectivity index (χ0) is 14.5. The average Bonchev–Trinajstić information content (AvgIpc) is 2.98. The minimum Gasteiger partial charge on any atom is -0.497 e. The second-order valence-corrected chi connectivity index (χ2v) is 5.72. The quantitative estimate of drug-likeness (QED) is 0.795. The number of benzene rings is 1. The van der Waals surface area contributed by atoms with Gasteiger partial charge >= 0.3 is 0 Å². The van der Waals surface area contributed by atoms with Crippen LogP contribution in [0.25, 0.3) is 0 Å². The van der Waals surface area contributed by atoms with Crippen molar-refractivity contribution in [3.8, 4) is 5.75 Å². The number of methoxy groups -OCH3 is 1. The van der Waals surface area contributed by atoms with Crippen molar-refractivity contribution in [2.24, 2.45) is 0 Å². The van der Waals surface area contributed by atoms with Crippen LogP contribution in [-0.4, -0.2) is 29.5 Å². The molecule has 0 aliphatic heterocycles. The van der Waals surface area contributed by atoms with E-state index in [0.717, 1.165) is 25.3 Å². The molecule has 0 saturated heterocycles. The van der Waals surface area contributed by atoms with Crippen LogP contribution in [-0.2, 0) is 6.54 Å². The Balaban J connectivity index is 1.35. The van der Waals surface area contributed by atoms with Gasteiger partial charge in [0.05, 0.1) is 7.11 Å². The molecule has 2 aromatic rings. The van der Waals surface area contributed by atoms with E-state index in [1.54, 1.807) is 7.11 Å². The molecule has 0 bridgehead atoms. The van der Waals surface area contributed by atoms with Gasteiger partial charge in [-0.1, -0.05) is 12.1 Å². The second kappa shape index (κ2) is 6.76. The van der Waals surface area contributed by atoms with Gasteiger partial charge in [-0.15, -0.1) is 0 Å². The molecule has 1 aromatic carbocycles. The van der Waals surface area contributed by atoms with Gasteiger partial charge in [-0.05, 0) is 55.5 Å². The van der Waals surface area contributed by atoms with Crippen molar-refractivity contribution < 1.29 is 4.74 Å². The number of hydrogen-bond donors (Lipinski definition) is 1. The van der Waals surface area contributed by atoms with Gasteiger partial charge in [0, 0.05) is 25.0 Å². The van der Waals surface area contributed by atoms with Gasteiger partial charge in [-0.3, -0.25) is 4.68 Å². The van der Waals surface area contributed by atoms with Gasteiger partial charge in [-0.2, -0.15) is 5.10 Å². The Kier molecular flexibility index (Phi) is 4.55. The smallest absolute Gasteiger partial charge is 0.119 e. The van der Waals surface area contributed by atoms with E-state index < -0.39 is 0 Å². The highest BCUT2D eigenvalue weighted by atomic mass is 16.5. The number of ether oxygens (including phenoxy) is 1. The third kappa shape index (κ3) is 3.64. The molecule has 1 N–H and O–H groups in total. The summed E-state index contributed by atoms with van der Waals surface area (Å²) >= 11 is 0. The van der Waals surface area contributed by atoms with Crippen LogP contribution < -0.4 is 10.1 Å². The van der Waals surface area contributed by atoms with Crippen LogP contribution in [0.2, 0.25) is 0 Å². The minimum absolute atomic E-state index is 0.666. The highest BCUT2D eigenvalue weighted by molar-refractivity contribution is 5.32. The van der Waals surface area contributed by atoms with Crippen LogP contribution in [0.5, 0.6) is 5.75 Å². The van der Waals surface area contributed by atoms with E-state index in [-0.39, 0.29) is 0 Å². The fourth-order valence-electron chi connectivity index (χ4n) is 2.93. The van der Waals surface area contributed by atoms with Crippen LogP contribution in [0.3, 0.4) is 0 Å². The van der Waals surface area contributed by atoms with E-state index in [9.17, 15) is 0 Å². The first kappa shape index (κ1) is 14.1. The zero-order valence-electron chi connectivity index (χ0n) is 12.5. The molecule has 1 saturated carbocycles. The molecule has 1 aliphatic carbocycles. The maximum absolute atomic E-state index is 5.29. The van der Waals surface area contributed by atoms with E-state index >= 15 is 0 Å². The molecule has 0 unspecified atom stereocenters. The van der Waals surface area contributed by atoms with Crippen molar-refractivity contribution >= 4 is 0 Å². The van der Waals surface area contributed by atoms with E-state index in [4.69, 9.17) is 4.74 Å². The molecule has 1 aromatic heterocycles. The Bertz CT molecular complexity index is 547. The molecule has 1 heterocycles. The lowest BCUT2D eigenvalue weighted by Gasteiger charge is -2.36. The molecular weight excluding hydrogens is 262 g/mol. The Morgan fingerprint density at radius 3 is 3.00 bits per heavy atom. The average molecular weight is 285 g/mol. The summed E-state index contributed by atoms with van der Waals surface area (Å²) in [6, 6.07) is 11.1. The van der Waals surface area contributed by atoms with Gasteiger partial charge in [0.1, 0.15) is 5.75 Å². The molecule has 0 radical (unpaired) electrons. The molecule has 0 amide bonds. The number of rotatable bonds is 7. The summed E-state index contributed by atoms with van der Waals surface area (Å²) in [6.07, 6.45) is 7.44. The molecule has 3 rings (SSSR count). The first-order valence-electron chi connectivity index (χ1n) is 7.70. The predicted octanol–water partition coefficient (Wildman–Crippen LogP) is 2.82. The van der Waals surface area contributed by atoms with Gasteiger partial charge in [0.15, 0.2) is 0 Å². The summed E-state index contributed by atoms with van der Waals surface area (Å²) in [4.78, 5) is 0. The SMILES string of the molecule is COc1cccc(C2CC(NCCCn3cccn3)C2)c1. The summed E-state index contributed by atoms with van der Waals surface area (Å²) in [5.41, 5.74) is 1.41. The van der Waals surface area contributed by atoms with Crippen molar-refractivity contribution in [2.75, 3.05) is 13.7 Å². The van der Waals surface area contributed by atoms with E-state index in [0.29, 0.717) is 12.0 Å². The number of aryl methyl sites for hydroxylation is 1. The lowest BCUT2D eigenvalue weighted by molar-refractivity contribution is 0.287. The third-order valence-corrected chi connectivity index (χ3v) is 4.26. The van der Waals surface area contributed by atoms with E-state index in [1.165, 1.54) is 18.4 Å². The highest BCUT2D eigenvalue weighted by Gasteiger charge is 2.29. The topological polar surface area (TPSA) is 39.1 Å². The number of aromatic nitrogens is 2. The molecule has 4 nitrogen and oxygen atoms in total. The fraction of sp³-hybridized carbons (Fsp3) is 0.471. The van der Waals surface area contributed by atoms with Gasteiger partial charge in [0.25, 0.3) is 0 Å².